The lowest BCUT2D eigenvalue weighted by molar-refractivity contribution is -0.828. The molecule has 0 spiro atoms. The number of quaternary nitrogens is 1. The number of ether oxygens (including phenoxy) is 1. The Bertz CT molecular complexity index is 274. The van der Waals surface area contributed by atoms with Crippen LogP contribution >= 0.6 is 0 Å². The molecule has 0 aliphatic carbocycles. The van der Waals surface area contributed by atoms with Gasteiger partial charge in [0.25, 0.3) is 0 Å². The van der Waals surface area contributed by atoms with Gasteiger partial charge in [0.05, 0.1) is 26.1 Å². The molecule has 1 heterocycles. The molecule has 0 aromatic carbocycles. The van der Waals surface area contributed by atoms with Crippen LogP contribution in [0, 0.1) is 5.92 Å². The van der Waals surface area contributed by atoms with Crippen LogP contribution in [0.5, 0.6) is 0 Å². The van der Waals surface area contributed by atoms with E-state index in [1.54, 1.807) is 7.05 Å². The Hall–Kier alpha value is -0.650. The predicted octanol–water partition coefficient (Wildman–Crippen LogP) is 0.351. The van der Waals surface area contributed by atoms with Crippen LogP contribution in [-0.4, -0.2) is 59.2 Å². The number of hydrogen-bond acceptors (Lipinski definition) is 4. The molecular weight excluding hydrogens is 210 g/mol. The fraction of sp³-hybridized carbons (Fsp3) is 0.909. The van der Waals surface area contributed by atoms with Gasteiger partial charge in [0.1, 0.15) is 18.2 Å². The van der Waals surface area contributed by atoms with Crippen molar-refractivity contribution >= 4 is 6.09 Å². The first-order valence-corrected chi connectivity index (χ1v) is 5.55. The molecular formula is C11H22NO4+. The number of amides is 1. The van der Waals surface area contributed by atoms with Gasteiger partial charge in [0.2, 0.25) is 0 Å². The third kappa shape index (κ3) is 2.93. The van der Waals surface area contributed by atoms with E-state index in [4.69, 9.17) is 9.84 Å². The van der Waals surface area contributed by atoms with E-state index in [-0.39, 0.29) is 23.1 Å². The lowest BCUT2D eigenvalue weighted by Gasteiger charge is -2.29. The molecule has 1 saturated heterocycles. The normalized spacial score (nSPS) is 35.1. The Morgan fingerprint density at radius 2 is 2.00 bits per heavy atom. The van der Waals surface area contributed by atoms with Gasteiger partial charge in [0.15, 0.2) is 0 Å². The molecule has 3 atom stereocenters. The van der Waals surface area contributed by atoms with Gasteiger partial charge in [-0.1, -0.05) is 0 Å². The zero-order valence-electron chi connectivity index (χ0n) is 10.4. The van der Waals surface area contributed by atoms with E-state index in [1.165, 1.54) is 0 Å². The van der Waals surface area contributed by atoms with E-state index in [0.29, 0.717) is 13.1 Å². The summed E-state index contributed by atoms with van der Waals surface area (Å²) >= 11 is 0. The minimum absolute atomic E-state index is 0.0314. The molecule has 1 fully saturated rings. The maximum Gasteiger partial charge on any atom is 0.516 e. The van der Waals surface area contributed by atoms with Crippen LogP contribution in [0.4, 0.5) is 4.79 Å². The number of rotatable bonds is 1. The van der Waals surface area contributed by atoms with Gasteiger partial charge < -0.3 is 14.9 Å². The van der Waals surface area contributed by atoms with Gasteiger partial charge in [0, 0.05) is 0 Å². The van der Waals surface area contributed by atoms with Crippen molar-refractivity contribution in [3.05, 3.63) is 0 Å². The Kier molecular flexibility index (Phi) is 3.62. The molecule has 94 valence electrons. The average molecular weight is 232 g/mol. The summed E-state index contributed by atoms with van der Waals surface area (Å²) in [6.45, 7) is 6.07. The van der Waals surface area contributed by atoms with E-state index < -0.39 is 11.7 Å². The molecule has 0 aromatic rings. The maximum absolute atomic E-state index is 11.9. The van der Waals surface area contributed by atoms with Crippen molar-refractivity contribution in [1.29, 1.82) is 0 Å². The van der Waals surface area contributed by atoms with Gasteiger partial charge in [-0.2, -0.15) is 4.79 Å². The summed E-state index contributed by atoms with van der Waals surface area (Å²) in [7, 11) is 1.73. The second kappa shape index (κ2) is 4.31. The first-order chi connectivity index (χ1) is 7.18. The Morgan fingerprint density at radius 1 is 1.44 bits per heavy atom. The summed E-state index contributed by atoms with van der Waals surface area (Å²) in [5.74, 6) is -0.238. The van der Waals surface area contributed by atoms with E-state index in [0.717, 1.165) is 0 Å². The summed E-state index contributed by atoms with van der Waals surface area (Å²) in [5.41, 5.74) is -0.527. The minimum Gasteiger partial charge on any atom is -0.414 e. The molecule has 1 rings (SSSR count). The molecule has 3 unspecified atom stereocenters. The molecule has 16 heavy (non-hydrogen) atoms. The number of likely N-dealkylation sites (N-methyl/N-ethyl adjacent to an activating group) is 1. The fourth-order valence-electron chi connectivity index (χ4n) is 1.98. The molecule has 1 amide bonds. The summed E-state index contributed by atoms with van der Waals surface area (Å²) in [6, 6.07) is 0. The summed E-state index contributed by atoms with van der Waals surface area (Å²) in [5, 5.41) is 18.7. The molecule has 5 heteroatoms. The third-order valence-electron chi connectivity index (χ3n) is 2.84. The maximum atomic E-state index is 11.9. The average Bonchev–Trinajstić information content (AvgIpc) is 2.40. The van der Waals surface area contributed by atoms with Crippen molar-refractivity contribution in [3.8, 4) is 0 Å². The van der Waals surface area contributed by atoms with Crippen LogP contribution in [0.25, 0.3) is 0 Å². The first kappa shape index (κ1) is 13.4. The van der Waals surface area contributed by atoms with E-state index in [2.05, 4.69) is 0 Å². The zero-order chi connectivity index (χ0) is 12.6. The molecule has 0 aromatic heterocycles. The topological polar surface area (TPSA) is 66.8 Å². The summed E-state index contributed by atoms with van der Waals surface area (Å²) < 4.78 is 5.34. The second-order valence-corrected chi connectivity index (χ2v) is 5.75. The summed E-state index contributed by atoms with van der Waals surface area (Å²) in [6.07, 6.45) is -0.981. The third-order valence-corrected chi connectivity index (χ3v) is 2.84. The van der Waals surface area contributed by atoms with Crippen molar-refractivity contribution in [2.24, 2.45) is 5.92 Å². The highest BCUT2D eigenvalue weighted by Crippen LogP contribution is 2.25. The molecule has 1 aliphatic heterocycles. The number of nitrogens with zero attached hydrogens (tertiary/aromatic N) is 1. The van der Waals surface area contributed by atoms with Crippen molar-refractivity contribution in [2.45, 2.75) is 32.5 Å². The highest BCUT2D eigenvalue weighted by molar-refractivity contribution is 5.60. The molecule has 5 nitrogen and oxygen atoms in total. The van der Waals surface area contributed by atoms with Gasteiger partial charge in [-0.25, -0.2) is 4.48 Å². The molecule has 0 radical (unpaired) electrons. The quantitative estimate of drug-likeness (QED) is 0.640. The lowest BCUT2D eigenvalue weighted by Crippen LogP contribution is -2.50. The Labute approximate surface area is 96.2 Å². The van der Waals surface area contributed by atoms with Gasteiger partial charge in [-0.05, 0) is 20.8 Å². The molecule has 1 aliphatic rings. The number of carbonyl (C=O) groups is 1. The number of likely N-dealkylation sites (tertiary alicyclic amines) is 1. The highest BCUT2D eigenvalue weighted by atomic mass is 16.6. The van der Waals surface area contributed by atoms with E-state index >= 15 is 0 Å². The second-order valence-electron chi connectivity index (χ2n) is 5.75. The number of carbonyl (C=O) groups excluding carboxylic acids is 1. The molecule has 0 bridgehead atoms. The van der Waals surface area contributed by atoms with E-state index in [1.807, 2.05) is 20.8 Å². The molecule has 0 saturated carbocycles. The van der Waals surface area contributed by atoms with Crippen LogP contribution in [0.1, 0.15) is 20.8 Å². The van der Waals surface area contributed by atoms with Gasteiger partial charge in [-0.15, -0.1) is 0 Å². The number of aliphatic hydroxyl groups is 2. The van der Waals surface area contributed by atoms with Crippen molar-refractivity contribution < 1.29 is 24.2 Å². The molecule has 2 N–H and O–H groups in total. The van der Waals surface area contributed by atoms with E-state index in [9.17, 15) is 9.90 Å². The van der Waals surface area contributed by atoms with Crippen LogP contribution in [0.15, 0.2) is 0 Å². The number of aliphatic hydroxyl groups excluding tert-OH is 2. The van der Waals surface area contributed by atoms with Gasteiger partial charge in [-0.3, -0.25) is 0 Å². The largest absolute Gasteiger partial charge is 0.516 e. The fourth-order valence-corrected chi connectivity index (χ4v) is 1.98. The van der Waals surface area contributed by atoms with Crippen molar-refractivity contribution in [1.82, 2.24) is 0 Å². The van der Waals surface area contributed by atoms with Gasteiger partial charge >= 0.3 is 6.09 Å². The standard InChI is InChI=1S/C11H22NO4/c1-11(2,3)16-10(15)12(4)5-8(7-13)9(14)6-12/h8-9,13-14H,5-7H2,1-4H3/q+1. The summed E-state index contributed by atoms with van der Waals surface area (Å²) in [4.78, 5) is 11.9. The van der Waals surface area contributed by atoms with Crippen LogP contribution in [0.2, 0.25) is 0 Å². The first-order valence-electron chi connectivity index (χ1n) is 5.55. The van der Waals surface area contributed by atoms with Crippen LogP contribution < -0.4 is 0 Å². The Balaban J connectivity index is 2.70. The van der Waals surface area contributed by atoms with Crippen LogP contribution in [-0.2, 0) is 4.74 Å². The minimum atomic E-state index is -0.637. The predicted molar refractivity (Wildman–Crippen MR) is 58.7 cm³/mol. The van der Waals surface area contributed by atoms with Crippen molar-refractivity contribution in [3.63, 3.8) is 0 Å². The SMILES string of the molecule is CC(C)(C)OC(=O)[N+]1(C)CC(O)C(CO)C1. The monoisotopic (exact) mass is 232 g/mol. The zero-order valence-corrected chi connectivity index (χ0v) is 10.4. The lowest BCUT2D eigenvalue weighted by atomic mass is 10.1. The Morgan fingerprint density at radius 3 is 2.38 bits per heavy atom. The number of hydrogen-bond donors (Lipinski definition) is 2. The highest BCUT2D eigenvalue weighted by Gasteiger charge is 2.48. The smallest absolute Gasteiger partial charge is 0.414 e. The van der Waals surface area contributed by atoms with Crippen molar-refractivity contribution in [2.75, 3.05) is 26.7 Å². The van der Waals surface area contributed by atoms with Crippen LogP contribution in [0.3, 0.4) is 0 Å².